The van der Waals surface area contributed by atoms with Crippen molar-refractivity contribution in [3.63, 3.8) is 0 Å². The molecule has 3 aromatic carbocycles. The highest BCUT2D eigenvalue weighted by Crippen LogP contribution is 2.36. The van der Waals surface area contributed by atoms with Crippen LogP contribution in [0.5, 0.6) is 17.2 Å². The van der Waals surface area contributed by atoms with Gasteiger partial charge in [-0.1, -0.05) is 58.5 Å². The molecule has 0 saturated carbocycles. The maximum Gasteiger partial charge on any atom is 0.163 e. The van der Waals surface area contributed by atoms with Crippen molar-refractivity contribution in [2.75, 3.05) is 12.4 Å². The van der Waals surface area contributed by atoms with Crippen molar-refractivity contribution in [1.29, 1.82) is 0 Å². The summed E-state index contributed by atoms with van der Waals surface area (Å²) in [6.45, 7) is 0.746. The van der Waals surface area contributed by atoms with Crippen molar-refractivity contribution in [3.8, 4) is 17.2 Å². The number of rotatable bonds is 7. The van der Waals surface area contributed by atoms with Crippen LogP contribution >= 0.6 is 46.4 Å². The Labute approximate surface area is 188 Å². The van der Waals surface area contributed by atoms with Gasteiger partial charge in [0.05, 0.1) is 17.2 Å². The summed E-state index contributed by atoms with van der Waals surface area (Å²) in [7, 11) is 1.56. The molecule has 2 N–H and O–H groups in total. The van der Waals surface area contributed by atoms with Crippen LogP contribution in [0.15, 0.2) is 48.5 Å². The average Bonchev–Trinajstić information content (AvgIpc) is 2.70. The number of anilines is 1. The lowest BCUT2D eigenvalue weighted by atomic mass is 10.2. The quantitative estimate of drug-likeness (QED) is 0.357. The van der Waals surface area contributed by atoms with Crippen molar-refractivity contribution in [2.45, 2.75) is 13.2 Å². The van der Waals surface area contributed by atoms with E-state index >= 15 is 0 Å². The number of methoxy groups -OCH3 is 1. The van der Waals surface area contributed by atoms with Crippen LogP contribution in [-0.2, 0) is 13.2 Å². The van der Waals surface area contributed by atoms with Crippen LogP contribution in [0.1, 0.15) is 11.1 Å². The van der Waals surface area contributed by atoms with E-state index in [2.05, 4.69) is 5.32 Å². The molecule has 0 amide bonds. The molecule has 0 radical (unpaired) electrons. The Bertz CT molecular complexity index is 987. The predicted octanol–water partition coefficient (Wildman–Crippen LogP) is 7.21. The molecule has 0 aliphatic rings. The van der Waals surface area contributed by atoms with Crippen molar-refractivity contribution in [1.82, 2.24) is 0 Å². The van der Waals surface area contributed by atoms with Crippen LogP contribution in [0.25, 0.3) is 0 Å². The molecule has 0 aliphatic carbocycles. The average molecular weight is 473 g/mol. The predicted molar refractivity (Wildman–Crippen MR) is 119 cm³/mol. The third kappa shape index (κ3) is 5.55. The zero-order valence-corrected chi connectivity index (χ0v) is 18.3. The summed E-state index contributed by atoms with van der Waals surface area (Å²) in [6.07, 6.45) is 0. The summed E-state index contributed by atoms with van der Waals surface area (Å²) in [4.78, 5) is 0. The highest BCUT2D eigenvalue weighted by molar-refractivity contribution is 6.37. The zero-order chi connectivity index (χ0) is 21.0. The minimum atomic E-state index is -0.152. The summed E-state index contributed by atoms with van der Waals surface area (Å²) in [5.41, 5.74) is 2.41. The molecule has 0 heterocycles. The molecule has 0 atom stereocenters. The summed E-state index contributed by atoms with van der Waals surface area (Å²) in [5, 5.41) is 14.3. The van der Waals surface area contributed by atoms with Crippen LogP contribution in [0, 0.1) is 0 Å². The van der Waals surface area contributed by atoms with Gasteiger partial charge in [-0.3, -0.25) is 0 Å². The fourth-order valence-electron chi connectivity index (χ4n) is 2.59. The van der Waals surface area contributed by atoms with Gasteiger partial charge in [-0.05, 0) is 41.5 Å². The number of hydrogen-bond donors (Lipinski definition) is 2. The molecule has 0 fully saturated rings. The normalized spacial score (nSPS) is 10.7. The zero-order valence-electron chi connectivity index (χ0n) is 15.3. The Hall–Kier alpha value is -1.98. The first-order valence-corrected chi connectivity index (χ1v) is 10.0. The van der Waals surface area contributed by atoms with Gasteiger partial charge in [0.15, 0.2) is 17.2 Å². The molecule has 152 valence electrons. The Morgan fingerprint density at radius 3 is 2.14 bits per heavy atom. The molecular formula is C21H17Cl4NO3. The van der Waals surface area contributed by atoms with Gasteiger partial charge in [-0.2, -0.15) is 0 Å². The molecule has 4 nitrogen and oxygen atoms in total. The van der Waals surface area contributed by atoms with Gasteiger partial charge >= 0.3 is 0 Å². The van der Waals surface area contributed by atoms with E-state index in [0.29, 0.717) is 40.4 Å². The van der Waals surface area contributed by atoms with E-state index in [9.17, 15) is 5.11 Å². The SMILES string of the molecule is COc1cc(CNc2cc(Cl)c(O)c(Cl)c2)c(Cl)cc1OCc1ccc(Cl)cc1. The van der Waals surface area contributed by atoms with Gasteiger partial charge in [0.25, 0.3) is 0 Å². The fourth-order valence-corrected chi connectivity index (χ4v) is 3.43. The molecule has 0 spiro atoms. The number of aromatic hydroxyl groups is 1. The molecular weight excluding hydrogens is 456 g/mol. The number of phenolic OH excluding ortho intramolecular Hbond substituents is 1. The van der Waals surface area contributed by atoms with Crippen LogP contribution in [-0.4, -0.2) is 12.2 Å². The molecule has 0 bridgehead atoms. The lowest BCUT2D eigenvalue weighted by Crippen LogP contribution is -2.03. The Morgan fingerprint density at radius 1 is 0.862 bits per heavy atom. The minimum Gasteiger partial charge on any atom is -0.505 e. The minimum absolute atomic E-state index is 0.152. The number of ether oxygens (including phenoxy) is 2. The third-order valence-corrected chi connectivity index (χ3v) is 5.32. The van der Waals surface area contributed by atoms with E-state index in [-0.39, 0.29) is 15.8 Å². The molecule has 3 rings (SSSR count). The number of nitrogens with one attached hydrogen (secondary N) is 1. The largest absolute Gasteiger partial charge is 0.505 e. The van der Waals surface area contributed by atoms with E-state index in [1.54, 1.807) is 43.5 Å². The maximum absolute atomic E-state index is 9.66. The molecule has 3 aromatic rings. The monoisotopic (exact) mass is 471 g/mol. The van der Waals surface area contributed by atoms with E-state index in [1.807, 2.05) is 12.1 Å². The van der Waals surface area contributed by atoms with Crippen LogP contribution in [0.2, 0.25) is 20.1 Å². The topological polar surface area (TPSA) is 50.7 Å². The second kappa shape index (κ2) is 9.68. The van der Waals surface area contributed by atoms with E-state index in [0.717, 1.165) is 11.1 Å². The van der Waals surface area contributed by atoms with Gasteiger partial charge in [0, 0.05) is 28.3 Å². The highest BCUT2D eigenvalue weighted by Gasteiger charge is 2.12. The summed E-state index contributed by atoms with van der Waals surface area (Å²) in [6, 6.07) is 14.1. The Morgan fingerprint density at radius 2 is 1.52 bits per heavy atom. The van der Waals surface area contributed by atoms with Crippen LogP contribution in [0.3, 0.4) is 0 Å². The number of benzene rings is 3. The van der Waals surface area contributed by atoms with Gasteiger partial charge in [-0.25, -0.2) is 0 Å². The maximum atomic E-state index is 9.66. The first-order chi connectivity index (χ1) is 13.9. The van der Waals surface area contributed by atoms with Crippen molar-refractivity contribution in [3.05, 3.63) is 79.7 Å². The first kappa shape index (κ1) is 21.7. The Balaban J connectivity index is 1.73. The van der Waals surface area contributed by atoms with Crippen molar-refractivity contribution >= 4 is 52.1 Å². The highest BCUT2D eigenvalue weighted by atomic mass is 35.5. The van der Waals surface area contributed by atoms with Crippen molar-refractivity contribution in [2.24, 2.45) is 0 Å². The van der Waals surface area contributed by atoms with E-state index in [4.69, 9.17) is 55.9 Å². The lowest BCUT2D eigenvalue weighted by molar-refractivity contribution is 0.284. The van der Waals surface area contributed by atoms with Crippen LogP contribution < -0.4 is 14.8 Å². The molecule has 29 heavy (non-hydrogen) atoms. The summed E-state index contributed by atoms with van der Waals surface area (Å²) in [5.74, 6) is 0.939. The summed E-state index contributed by atoms with van der Waals surface area (Å²) >= 11 is 24.2. The molecule has 0 aromatic heterocycles. The van der Waals surface area contributed by atoms with Crippen molar-refractivity contribution < 1.29 is 14.6 Å². The second-order valence-electron chi connectivity index (χ2n) is 6.15. The number of halogens is 4. The van der Waals surface area contributed by atoms with Gasteiger partial charge in [0.1, 0.15) is 6.61 Å². The molecule has 0 saturated heterocycles. The lowest BCUT2D eigenvalue weighted by Gasteiger charge is -2.15. The van der Waals surface area contributed by atoms with Gasteiger partial charge in [-0.15, -0.1) is 0 Å². The second-order valence-corrected chi connectivity index (χ2v) is 7.81. The Kier molecular flexibility index (Phi) is 7.25. The molecule has 0 unspecified atom stereocenters. The van der Waals surface area contributed by atoms with Gasteiger partial charge in [0.2, 0.25) is 0 Å². The molecule has 0 aliphatic heterocycles. The standard InChI is InChI=1S/C21H17Cl4NO3/c1-28-19-6-13(10-26-15-7-17(24)21(27)18(25)8-15)16(23)9-20(19)29-11-12-2-4-14(22)5-3-12/h2-9,26-27H,10-11H2,1H3. The van der Waals surface area contributed by atoms with Crippen LogP contribution in [0.4, 0.5) is 5.69 Å². The fraction of sp³-hybridized carbons (Fsp3) is 0.143. The smallest absolute Gasteiger partial charge is 0.163 e. The van der Waals surface area contributed by atoms with E-state index < -0.39 is 0 Å². The first-order valence-electron chi connectivity index (χ1n) is 8.53. The molecule has 8 heteroatoms. The third-order valence-electron chi connectivity index (χ3n) is 4.14. The summed E-state index contributed by atoms with van der Waals surface area (Å²) < 4.78 is 11.3. The van der Waals surface area contributed by atoms with E-state index in [1.165, 1.54) is 0 Å². The number of phenols is 1. The number of hydrogen-bond acceptors (Lipinski definition) is 4. The van der Waals surface area contributed by atoms with Gasteiger partial charge < -0.3 is 19.9 Å².